The molecule has 0 aromatic heterocycles. The van der Waals surface area contributed by atoms with E-state index in [-0.39, 0.29) is 0 Å². The molecule has 0 aliphatic carbocycles. The van der Waals surface area contributed by atoms with Crippen LogP contribution in [0.2, 0.25) is 26.2 Å². The van der Waals surface area contributed by atoms with Crippen molar-refractivity contribution in [3.63, 3.8) is 0 Å². The Balaban J connectivity index is 3.58. The first-order chi connectivity index (χ1) is 10.0. The van der Waals surface area contributed by atoms with E-state index in [2.05, 4.69) is 40.0 Å². The zero-order valence-electron chi connectivity index (χ0n) is 14.6. The maximum Gasteiger partial charge on any atom is 0.0656 e. The van der Waals surface area contributed by atoms with E-state index in [4.69, 9.17) is 9.47 Å². The molecule has 0 fully saturated rings. The van der Waals surface area contributed by atoms with Crippen molar-refractivity contribution in [2.75, 3.05) is 24.7 Å². The van der Waals surface area contributed by atoms with Crippen LogP contribution in [0.15, 0.2) is 0 Å². The van der Waals surface area contributed by atoms with Gasteiger partial charge in [-0.25, -0.2) is 0 Å². The lowest BCUT2D eigenvalue weighted by atomic mass is 10.5. The lowest BCUT2D eigenvalue weighted by Crippen LogP contribution is -2.28. The first-order valence-electron chi connectivity index (χ1n) is 8.17. The van der Waals surface area contributed by atoms with Crippen molar-refractivity contribution >= 4 is 49.0 Å². The highest BCUT2D eigenvalue weighted by Gasteiger charge is 2.15. The highest BCUT2D eigenvalue weighted by Crippen LogP contribution is 2.36. The lowest BCUT2D eigenvalue weighted by molar-refractivity contribution is 0.113. The summed E-state index contributed by atoms with van der Waals surface area (Å²) in [6, 6.07) is 0. The van der Waals surface area contributed by atoms with Crippen molar-refractivity contribution in [2.45, 2.75) is 64.3 Å². The van der Waals surface area contributed by atoms with Crippen molar-refractivity contribution in [1.82, 2.24) is 0 Å². The van der Waals surface area contributed by atoms with Crippen LogP contribution in [-0.4, -0.2) is 53.8 Å². The van der Waals surface area contributed by atoms with E-state index in [1.54, 1.807) is 0 Å². The standard InChI is InChI=1S/C14H34O2S3Si2/c1-7-15-13(20(3)4)9-11-17-19-18-12-10-14(16-8-2)21(5)6/h13-14,20-21H,7-12H2,1-6H3. The van der Waals surface area contributed by atoms with Gasteiger partial charge in [0.15, 0.2) is 0 Å². The number of hydrogen-bond donors (Lipinski definition) is 0. The SMILES string of the molecule is CCOC(CCSSSCCC(OCC)[SiH](C)C)[SiH](C)C. The van der Waals surface area contributed by atoms with Gasteiger partial charge in [0.2, 0.25) is 0 Å². The third-order valence-electron chi connectivity index (χ3n) is 3.32. The fraction of sp³-hybridized carbons (Fsp3) is 1.00. The Morgan fingerprint density at radius 2 is 1.14 bits per heavy atom. The molecule has 0 amide bonds. The van der Waals surface area contributed by atoms with E-state index in [0.29, 0.717) is 11.5 Å². The van der Waals surface area contributed by atoms with Gasteiger partial charge in [0.25, 0.3) is 0 Å². The van der Waals surface area contributed by atoms with Gasteiger partial charge >= 0.3 is 0 Å². The second-order valence-corrected chi connectivity index (χ2v) is 16.7. The smallest absolute Gasteiger partial charge is 0.0656 e. The average molecular weight is 387 g/mol. The second-order valence-electron chi connectivity index (χ2n) is 5.76. The molecule has 0 bridgehead atoms. The van der Waals surface area contributed by atoms with Gasteiger partial charge in [0.1, 0.15) is 0 Å². The quantitative estimate of drug-likeness (QED) is 0.245. The van der Waals surface area contributed by atoms with Gasteiger partial charge in [-0.2, -0.15) is 0 Å². The predicted octanol–water partition coefficient (Wildman–Crippen LogP) is 4.66. The van der Waals surface area contributed by atoms with E-state index >= 15 is 0 Å². The molecule has 0 saturated carbocycles. The minimum Gasteiger partial charge on any atom is -0.382 e. The first-order valence-corrected chi connectivity index (χ1v) is 17.9. The summed E-state index contributed by atoms with van der Waals surface area (Å²) in [6.45, 7) is 15.5. The monoisotopic (exact) mass is 386 g/mol. The zero-order chi connectivity index (χ0) is 16.1. The molecule has 0 aromatic carbocycles. The summed E-state index contributed by atoms with van der Waals surface area (Å²) in [5, 5.41) is 0. The van der Waals surface area contributed by atoms with Crippen LogP contribution in [-0.2, 0) is 9.47 Å². The Morgan fingerprint density at radius 1 is 0.762 bits per heavy atom. The largest absolute Gasteiger partial charge is 0.382 e. The van der Waals surface area contributed by atoms with Crippen molar-refractivity contribution in [3.8, 4) is 0 Å². The van der Waals surface area contributed by atoms with Gasteiger partial charge in [-0.15, -0.1) is 0 Å². The summed E-state index contributed by atoms with van der Waals surface area (Å²) in [6.07, 6.45) is 2.44. The molecule has 2 nitrogen and oxygen atoms in total. The van der Waals surface area contributed by atoms with Crippen LogP contribution in [0.5, 0.6) is 0 Å². The van der Waals surface area contributed by atoms with E-state index < -0.39 is 17.6 Å². The van der Waals surface area contributed by atoms with Gasteiger partial charge < -0.3 is 9.47 Å². The lowest BCUT2D eigenvalue weighted by Gasteiger charge is -2.20. The summed E-state index contributed by atoms with van der Waals surface area (Å²) in [7, 11) is 4.60. The van der Waals surface area contributed by atoms with Crippen molar-refractivity contribution < 1.29 is 9.47 Å². The fourth-order valence-electron chi connectivity index (χ4n) is 2.08. The third-order valence-corrected chi connectivity index (χ3v) is 11.6. The highest BCUT2D eigenvalue weighted by atomic mass is 33.5. The Labute approximate surface area is 147 Å². The molecule has 0 heterocycles. The normalized spacial score (nSPS) is 14.9. The summed E-state index contributed by atoms with van der Waals surface area (Å²) >= 11 is 0. The molecule has 0 rings (SSSR count). The van der Waals surface area contributed by atoms with Crippen LogP contribution in [0, 0.1) is 0 Å². The number of ether oxygens (including phenoxy) is 2. The average Bonchev–Trinajstić information content (AvgIpc) is 2.43. The Kier molecular flexibility index (Phi) is 16.0. The molecule has 0 N–H and O–H groups in total. The molecule has 21 heavy (non-hydrogen) atoms. The number of rotatable bonds is 14. The van der Waals surface area contributed by atoms with Crippen LogP contribution < -0.4 is 0 Å². The molecule has 0 radical (unpaired) electrons. The predicted molar refractivity (Wildman–Crippen MR) is 110 cm³/mol. The molecule has 128 valence electrons. The van der Waals surface area contributed by atoms with Crippen molar-refractivity contribution in [3.05, 3.63) is 0 Å². The summed E-state index contributed by atoms with van der Waals surface area (Å²) in [4.78, 5) is 0. The number of hydrogen-bond acceptors (Lipinski definition) is 5. The van der Waals surface area contributed by atoms with Crippen molar-refractivity contribution in [2.24, 2.45) is 0 Å². The summed E-state index contributed by atoms with van der Waals surface area (Å²) in [5.41, 5.74) is 1.12. The van der Waals surface area contributed by atoms with Gasteiger partial charge in [-0.05, 0) is 36.5 Å². The third kappa shape index (κ3) is 12.5. The Hall–Kier alpha value is 1.40. The molecule has 2 unspecified atom stereocenters. The summed E-state index contributed by atoms with van der Waals surface area (Å²) in [5.74, 6) is 2.42. The zero-order valence-corrected chi connectivity index (χ0v) is 19.4. The second kappa shape index (κ2) is 15.0. The van der Waals surface area contributed by atoms with E-state index in [1.165, 1.54) is 24.3 Å². The van der Waals surface area contributed by atoms with Crippen LogP contribution in [0.3, 0.4) is 0 Å². The fourth-order valence-corrected chi connectivity index (χ4v) is 9.27. The molecular formula is C14H34O2S3Si2. The molecule has 0 aliphatic rings. The molecule has 0 aromatic rings. The topological polar surface area (TPSA) is 18.5 Å². The van der Waals surface area contributed by atoms with E-state index in [0.717, 1.165) is 13.2 Å². The van der Waals surface area contributed by atoms with E-state index in [1.807, 2.05) is 31.4 Å². The maximum absolute atomic E-state index is 5.84. The van der Waals surface area contributed by atoms with Crippen LogP contribution >= 0.6 is 31.4 Å². The van der Waals surface area contributed by atoms with E-state index in [9.17, 15) is 0 Å². The Bertz CT molecular complexity index is 212. The molecule has 0 saturated heterocycles. The van der Waals surface area contributed by atoms with Crippen LogP contribution in [0.1, 0.15) is 26.7 Å². The molecule has 0 aliphatic heterocycles. The van der Waals surface area contributed by atoms with Gasteiger partial charge in [0.05, 0.1) is 17.6 Å². The molecule has 2 atom stereocenters. The molecule has 7 heteroatoms. The Morgan fingerprint density at radius 3 is 1.43 bits per heavy atom. The van der Waals surface area contributed by atoms with Crippen LogP contribution in [0.4, 0.5) is 0 Å². The molecule has 0 spiro atoms. The first kappa shape index (κ1) is 22.4. The molecular weight excluding hydrogens is 353 g/mol. The van der Waals surface area contributed by atoms with Gasteiger partial charge in [-0.3, -0.25) is 0 Å². The van der Waals surface area contributed by atoms with Crippen molar-refractivity contribution in [1.29, 1.82) is 0 Å². The van der Waals surface area contributed by atoms with Crippen LogP contribution in [0.25, 0.3) is 0 Å². The van der Waals surface area contributed by atoms with Gasteiger partial charge in [-0.1, -0.05) is 47.8 Å². The summed E-state index contributed by atoms with van der Waals surface area (Å²) < 4.78 is 11.7. The van der Waals surface area contributed by atoms with Gasteiger partial charge in [0, 0.05) is 36.2 Å². The maximum atomic E-state index is 5.84. The minimum atomic E-state index is -0.665. The highest BCUT2D eigenvalue weighted by molar-refractivity contribution is 9.09. The minimum absolute atomic E-state index is 0.558.